The Morgan fingerprint density at radius 1 is 0.372 bits per heavy atom. The van der Waals surface area contributed by atoms with Crippen molar-refractivity contribution in [2.45, 2.75) is 0 Å². The summed E-state index contributed by atoms with van der Waals surface area (Å²) in [4.78, 5) is 0. The van der Waals surface area contributed by atoms with Crippen LogP contribution in [0.4, 0.5) is 57.1 Å². The molecule has 5 aromatic rings. The van der Waals surface area contributed by atoms with E-state index in [2.05, 4.69) is 9.47 Å². The van der Waals surface area contributed by atoms with Crippen LogP contribution in [0, 0.1) is 75.6 Å². The number of rotatable bonds is 4. The van der Waals surface area contributed by atoms with Crippen LogP contribution >= 0.6 is 0 Å². The minimum Gasteiger partial charge on any atom is -0.491 e. The molecule has 43 heavy (non-hydrogen) atoms. The number of ether oxygens (including phenoxy) is 2. The SMILES string of the molecule is COc1c(F)c(F)c(-c2c3ccc(F)cc3c(-c3c(F)c(F)c(OC)c(F)c3F)c3c(F)c(F)c(F)c(F)c23)c(F)c1F. The highest BCUT2D eigenvalue weighted by Gasteiger charge is 2.36. The first-order chi connectivity index (χ1) is 20.2. The lowest BCUT2D eigenvalue weighted by atomic mass is 9.84. The van der Waals surface area contributed by atoms with Crippen molar-refractivity contribution in [3.8, 4) is 33.8 Å². The molecule has 5 rings (SSSR count). The van der Waals surface area contributed by atoms with Crippen LogP contribution in [0.15, 0.2) is 18.2 Å². The number of fused-ring (bicyclic) bond motifs is 2. The van der Waals surface area contributed by atoms with E-state index in [1.807, 2.05) is 0 Å². The minimum absolute atomic E-state index is 0.233. The fourth-order valence-electron chi connectivity index (χ4n) is 4.85. The maximum Gasteiger partial charge on any atom is 0.204 e. The number of halogens is 13. The average Bonchev–Trinajstić information content (AvgIpc) is 2.98. The van der Waals surface area contributed by atoms with E-state index >= 15 is 26.3 Å². The molecule has 0 aliphatic carbocycles. The van der Waals surface area contributed by atoms with Crippen LogP contribution in [0.1, 0.15) is 0 Å². The van der Waals surface area contributed by atoms with E-state index in [0.29, 0.717) is 26.4 Å². The Bertz CT molecular complexity index is 1980. The molecule has 0 N–H and O–H groups in total. The second-order valence-electron chi connectivity index (χ2n) is 8.77. The monoisotopic (exact) mass is 624 g/mol. The number of hydrogen-bond donors (Lipinski definition) is 0. The largest absolute Gasteiger partial charge is 0.491 e. The highest BCUT2D eigenvalue weighted by molar-refractivity contribution is 6.22. The molecule has 0 amide bonds. The lowest BCUT2D eigenvalue weighted by molar-refractivity contribution is 0.334. The van der Waals surface area contributed by atoms with E-state index in [1.54, 1.807) is 0 Å². The van der Waals surface area contributed by atoms with Crippen LogP contribution in [-0.4, -0.2) is 14.2 Å². The Labute approximate surface area is 230 Å². The van der Waals surface area contributed by atoms with Gasteiger partial charge in [-0.15, -0.1) is 0 Å². The zero-order valence-corrected chi connectivity index (χ0v) is 21.0. The molecule has 0 spiro atoms. The van der Waals surface area contributed by atoms with Gasteiger partial charge in [0, 0.05) is 21.9 Å². The maximum atomic E-state index is 15.5. The highest BCUT2D eigenvalue weighted by Crippen LogP contribution is 2.50. The van der Waals surface area contributed by atoms with Gasteiger partial charge in [0.25, 0.3) is 0 Å². The predicted octanol–water partition coefficient (Wildman–Crippen LogP) is 9.15. The summed E-state index contributed by atoms with van der Waals surface area (Å²) in [5.74, 6) is -33.6. The van der Waals surface area contributed by atoms with Crippen LogP contribution in [0.5, 0.6) is 11.5 Å². The Balaban J connectivity index is 2.21. The van der Waals surface area contributed by atoms with Crippen LogP contribution in [0.2, 0.25) is 0 Å². The van der Waals surface area contributed by atoms with Crippen molar-refractivity contribution in [3.63, 3.8) is 0 Å². The Morgan fingerprint density at radius 3 is 1.07 bits per heavy atom. The van der Waals surface area contributed by atoms with Crippen molar-refractivity contribution in [2.24, 2.45) is 0 Å². The number of methoxy groups -OCH3 is 2. The molecule has 0 heterocycles. The van der Waals surface area contributed by atoms with Gasteiger partial charge in [-0.25, -0.2) is 39.5 Å². The van der Waals surface area contributed by atoms with E-state index in [1.165, 1.54) is 0 Å². The summed E-state index contributed by atoms with van der Waals surface area (Å²) in [7, 11) is 1.20. The van der Waals surface area contributed by atoms with E-state index in [4.69, 9.17) is 0 Å². The van der Waals surface area contributed by atoms with Crippen molar-refractivity contribution in [3.05, 3.63) is 93.8 Å². The smallest absolute Gasteiger partial charge is 0.204 e. The summed E-state index contributed by atoms with van der Waals surface area (Å²) in [5, 5.41) is -5.82. The van der Waals surface area contributed by atoms with E-state index in [0.717, 1.165) is 0 Å². The summed E-state index contributed by atoms with van der Waals surface area (Å²) < 4.78 is 203. The van der Waals surface area contributed by atoms with Crippen molar-refractivity contribution in [1.29, 1.82) is 0 Å². The molecule has 0 bridgehead atoms. The zero-order valence-electron chi connectivity index (χ0n) is 21.0. The molecule has 0 fully saturated rings. The summed E-state index contributed by atoms with van der Waals surface area (Å²) in [6.07, 6.45) is 0. The van der Waals surface area contributed by atoms with E-state index in [9.17, 15) is 30.7 Å². The Hall–Kier alpha value is -4.69. The molecule has 5 aromatic carbocycles. The molecule has 15 heteroatoms. The minimum atomic E-state index is -2.70. The number of benzene rings is 5. The first kappa shape index (κ1) is 29.8. The van der Waals surface area contributed by atoms with Gasteiger partial charge in [-0.1, -0.05) is 6.07 Å². The fraction of sp³-hybridized carbons (Fsp3) is 0.0714. The quantitative estimate of drug-likeness (QED) is 0.0860. The standard InChI is InChI=1S/C28H9F13O2/c1-42-27-23(38)17(32)13(18(33)24(27)39)9-7-4-3-6(29)5-8(7)10(12-11(9)15(30)21(36)22(37)16(12)31)14-19(34)25(40)28(43-2)26(41)20(14)35/h3-5H,1-2H3. The predicted molar refractivity (Wildman–Crippen MR) is 125 cm³/mol. The molecule has 0 atom stereocenters. The van der Waals surface area contributed by atoms with Crippen LogP contribution in [0.25, 0.3) is 43.8 Å². The second kappa shape index (κ2) is 10.2. The zero-order chi connectivity index (χ0) is 31.8. The van der Waals surface area contributed by atoms with Crippen LogP contribution < -0.4 is 9.47 Å². The van der Waals surface area contributed by atoms with Gasteiger partial charge in [-0.3, -0.25) is 0 Å². The van der Waals surface area contributed by atoms with Crippen LogP contribution in [-0.2, 0) is 0 Å². The van der Waals surface area contributed by atoms with Gasteiger partial charge in [0.05, 0.1) is 25.3 Å². The third kappa shape index (κ3) is 3.97. The van der Waals surface area contributed by atoms with Crippen molar-refractivity contribution in [2.75, 3.05) is 14.2 Å². The highest BCUT2D eigenvalue weighted by atomic mass is 19.2. The molecule has 0 saturated carbocycles. The van der Waals surface area contributed by atoms with Gasteiger partial charge < -0.3 is 9.47 Å². The lowest BCUT2D eigenvalue weighted by Crippen LogP contribution is -2.09. The molecular formula is C28H9F13O2. The molecule has 0 aromatic heterocycles. The lowest BCUT2D eigenvalue weighted by Gasteiger charge is -2.21. The fourth-order valence-corrected chi connectivity index (χ4v) is 4.85. The van der Waals surface area contributed by atoms with Gasteiger partial charge in [0.1, 0.15) is 5.82 Å². The third-order valence-corrected chi connectivity index (χ3v) is 6.64. The first-order valence-corrected chi connectivity index (χ1v) is 11.4. The van der Waals surface area contributed by atoms with E-state index in [-0.39, 0.29) is 6.07 Å². The molecule has 224 valence electrons. The molecule has 0 aliphatic rings. The summed E-state index contributed by atoms with van der Waals surface area (Å²) in [5.41, 5.74) is -6.93. The second-order valence-corrected chi connectivity index (χ2v) is 8.77. The summed E-state index contributed by atoms with van der Waals surface area (Å²) in [6, 6.07) is 1.17. The van der Waals surface area contributed by atoms with Crippen LogP contribution in [0.3, 0.4) is 0 Å². The van der Waals surface area contributed by atoms with Gasteiger partial charge in [-0.2, -0.15) is 17.6 Å². The van der Waals surface area contributed by atoms with Gasteiger partial charge in [0.15, 0.2) is 58.0 Å². The Morgan fingerprint density at radius 2 is 0.721 bits per heavy atom. The summed E-state index contributed by atoms with van der Waals surface area (Å²) in [6.45, 7) is 0. The average molecular weight is 624 g/mol. The van der Waals surface area contributed by atoms with Gasteiger partial charge in [0.2, 0.25) is 23.3 Å². The normalized spacial score (nSPS) is 11.6. The van der Waals surface area contributed by atoms with Crippen molar-refractivity contribution < 1.29 is 66.5 Å². The van der Waals surface area contributed by atoms with Gasteiger partial charge >= 0.3 is 0 Å². The summed E-state index contributed by atoms with van der Waals surface area (Å²) >= 11 is 0. The maximum absolute atomic E-state index is 15.5. The molecular weight excluding hydrogens is 615 g/mol. The van der Waals surface area contributed by atoms with E-state index < -0.39 is 131 Å². The first-order valence-electron chi connectivity index (χ1n) is 11.4. The Kier molecular flexibility index (Phi) is 7.09. The van der Waals surface area contributed by atoms with Gasteiger partial charge in [-0.05, 0) is 22.9 Å². The molecule has 0 radical (unpaired) electrons. The molecule has 0 saturated heterocycles. The number of hydrogen-bond acceptors (Lipinski definition) is 2. The van der Waals surface area contributed by atoms with Crippen molar-refractivity contribution in [1.82, 2.24) is 0 Å². The molecule has 0 unspecified atom stereocenters. The topological polar surface area (TPSA) is 18.5 Å². The third-order valence-electron chi connectivity index (χ3n) is 6.64. The van der Waals surface area contributed by atoms with Crippen molar-refractivity contribution >= 4 is 21.5 Å². The molecule has 0 aliphatic heterocycles. The molecule has 2 nitrogen and oxygen atoms in total.